The number of anilines is 1. The molecule has 2 N–H and O–H groups in total. The zero-order valence-corrected chi connectivity index (χ0v) is 16.1. The maximum Gasteiger partial charge on any atom is 0.272 e. The second-order valence-electron chi connectivity index (χ2n) is 7.29. The maximum absolute atomic E-state index is 14.2. The Morgan fingerprint density at radius 1 is 1.24 bits per heavy atom. The number of aryl methyl sites for hydroxylation is 1. The normalized spacial score (nSPS) is 14.8. The van der Waals surface area contributed by atoms with Crippen LogP contribution in [0.3, 0.4) is 0 Å². The van der Waals surface area contributed by atoms with Gasteiger partial charge in [-0.1, -0.05) is 6.42 Å². The molecule has 1 saturated carbocycles. The third kappa shape index (κ3) is 4.08. The molecule has 0 saturated heterocycles. The molecule has 150 valence electrons. The van der Waals surface area contributed by atoms with Gasteiger partial charge in [-0.2, -0.15) is 5.10 Å². The van der Waals surface area contributed by atoms with Crippen LogP contribution in [0.25, 0.3) is 0 Å². The first-order chi connectivity index (χ1) is 14.1. The minimum absolute atomic E-state index is 0.223. The van der Waals surface area contributed by atoms with Crippen LogP contribution in [-0.2, 0) is 19.0 Å². The smallest absolute Gasteiger partial charge is 0.272 e. The molecule has 4 rings (SSSR count). The zero-order chi connectivity index (χ0) is 20.3. The van der Waals surface area contributed by atoms with E-state index in [1.54, 1.807) is 29.1 Å². The van der Waals surface area contributed by atoms with Gasteiger partial charge in [0.1, 0.15) is 11.6 Å². The number of carbonyl (C=O) groups excluding carboxylic acids is 1. The number of aromatic nitrogens is 5. The van der Waals surface area contributed by atoms with Gasteiger partial charge in [0, 0.05) is 31.4 Å². The Hall–Kier alpha value is -3.36. The Kier molecular flexibility index (Phi) is 5.20. The highest BCUT2D eigenvalue weighted by Crippen LogP contribution is 2.43. The summed E-state index contributed by atoms with van der Waals surface area (Å²) >= 11 is 0. The number of nitrogens with one attached hydrogen (secondary N) is 2. The molecule has 29 heavy (non-hydrogen) atoms. The van der Waals surface area contributed by atoms with Crippen LogP contribution < -0.4 is 10.6 Å². The van der Waals surface area contributed by atoms with Crippen LogP contribution in [0.15, 0.2) is 42.7 Å². The van der Waals surface area contributed by atoms with Crippen molar-refractivity contribution in [2.75, 3.05) is 11.9 Å². The molecular formula is C20H22FN7O. The van der Waals surface area contributed by atoms with Crippen molar-refractivity contribution in [2.24, 2.45) is 7.05 Å². The SMILES string of the molecule is Cn1ccc(CNC(=O)c2ccc(NCC3(c4ncccc4F)CCC3)nn2)n1. The minimum atomic E-state index is -0.328. The lowest BCUT2D eigenvalue weighted by Crippen LogP contribution is -2.42. The lowest BCUT2D eigenvalue weighted by atomic mass is 9.66. The monoisotopic (exact) mass is 395 g/mol. The van der Waals surface area contributed by atoms with E-state index in [1.165, 1.54) is 6.07 Å². The molecule has 3 aromatic rings. The van der Waals surface area contributed by atoms with E-state index in [0.29, 0.717) is 24.6 Å². The molecule has 0 atom stereocenters. The lowest BCUT2D eigenvalue weighted by Gasteiger charge is -2.41. The van der Waals surface area contributed by atoms with Gasteiger partial charge in [-0.25, -0.2) is 4.39 Å². The predicted molar refractivity (Wildman–Crippen MR) is 105 cm³/mol. The fourth-order valence-corrected chi connectivity index (χ4v) is 3.50. The molecule has 0 aromatic carbocycles. The summed E-state index contributed by atoms with van der Waals surface area (Å²) in [5, 5.41) is 18.3. The van der Waals surface area contributed by atoms with E-state index in [2.05, 4.69) is 30.9 Å². The average molecular weight is 395 g/mol. The highest BCUT2D eigenvalue weighted by molar-refractivity contribution is 5.92. The first kappa shape index (κ1) is 19.0. The number of nitrogens with zero attached hydrogens (tertiary/aromatic N) is 5. The Balaban J connectivity index is 1.35. The van der Waals surface area contributed by atoms with Crippen LogP contribution >= 0.6 is 0 Å². The quantitative estimate of drug-likeness (QED) is 0.637. The number of rotatable bonds is 7. The number of pyridine rings is 1. The van der Waals surface area contributed by atoms with Crippen molar-refractivity contribution < 1.29 is 9.18 Å². The topological polar surface area (TPSA) is 97.6 Å². The summed E-state index contributed by atoms with van der Waals surface area (Å²) in [4.78, 5) is 16.5. The maximum atomic E-state index is 14.2. The summed E-state index contributed by atoms with van der Waals surface area (Å²) in [6, 6.07) is 8.18. The average Bonchev–Trinajstić information content (AvgIpc) is 3.12. The largest absolute Gasteiger partial charge is 0.368 e. The van der Waals surface area contributed by atoms with Crippen molar-refractivity contribution >= 4 is 11.7 Å². The van der Waals surface area contributed by atoms with E-state index in [0.717, 1.165) is 25.0 Å². The van der Waals surface area contributed by atoms with E-state index in [1.807, 2.05) is 19.3 Å². The first-order valence-electron chi connectivity index (χ1n) is 9.51. The van der Waals surface area contributed by atoms with Gasteiger partial charge in [0.25, 0.3) is 5.91 Å². The molecule has 0 unspecified atom stereocenters. The Labute approximate surface area is 167 Å². The molecular weight excluding hydrogens is 373 g/mol. The van der Waals surface area contributed by atoms with Gasteiger partial charge < -0.3 is 10.6 Å². The van der Waals surface area contributed by atoms with Crippen LogP contribution in [0, 0.1) is 5.82 Å². The zero-order valence-electron chi connectivity index (χ0n) is 16.1. The summed E-state index contributed by atoms with van der Waals surface area (Å²) in [5.41, 5.74) is 1.16. The van der Waals surface area contributed by atoms with E-state index in [4.69, 9.17) is 0 Å². The number of hydrogen-bond acceptors (Lipinski definition) is 6. The molecule has 9 heteroatoms. The molecule has 3 heterocycles. The van der Waals surface area contributed by atoms with Crippen molar-refractivity contribution in [2.45, 2.75) is 31.2 Å². The standard InChI is InChI=1S/C20H22FN7O/c1-28-11-7-14(27-28)12-23-19(29)16-5-6-17(26-25-16)24-13-20(8-3-9-20)18-15(21)4-2-10-22-18/h2,4-7,10-11H,3,8-9,12-13H2,1H3,(H,23,29)(H,24,26). The molecule has 3 aromatic heterocycles. The Bertz CT molecular complexity index is 998. The van der Waals surface area contributed by atoms with Crippen molar-refractivity contribution in [3.63, 3.8) is 0 Å². The molecule has 0 spiro atoms. The van der Waals surface area contributed by atoms with Gasteiger partial charge in [0.15, 0.2) is 5.69 Å². The number of halogens is 1. The van der Waals surface area contributed by atoms with E-state index in [-0.39, 0.29) is 22.8 Å². The van der Waals surface area contributed by atoms with Gasteiger partial charge >= 0.3 is 0 Å². The fraction of sp³-hybridized carbons (Fsp3) is 0.350. The van der Waals surface area contributed by atoms with Crippen molar-refractivity contribution in [1.29, 1.82) is 0 Å². The third-order valence-corrected chi connectivity index (χ3v) is 5.28. The van der Waals surface area contributed by atoms with E-state index in [9.17, 15) is 9.18 Å². The van der Waals surface area contributed by atoms with Crippen molar-refractivity contribution in [3.8, 4) is 0 Å². The number of amides is 1. The minimum Gasteiger partial charge on any atom is -0.368 e. The van der Waals surface area contributed by atoms with Gasteiger partial charge in [-0.15, -0.1) is 10.2 Å². The highest BCUT2D eigenvalue weighted by atomic mass is 19.1. The Morgan fingerprint density at radius 3 is 2.72 bits per heavy atom. The summed E-state index contributed by atoms with van der Waals surface area (Å²) in [6.45, 7) is 0.834. The van der Waals surface area contributed by atoms with Crippen molar-refractivity contribution in [3.05, 3.63) is 65.6 Å². The van der Waals surface area contributed by atoms with Crippen LogP contribution in [0.1, 0.15) is 41.1 Å². The first-order valence-corrected chi connectivity index (χ1v) is 9.51. The predicted octanol–water partition coefficient (Wildman–Crippen LogP) is 2.21. The second-order valence-corrected chi connectivity index (χ2v) is 7.29. The van der Waals surface area contributed by atoms with Crippen LogP contribution in [-0.4, -0.2) is 37.4 Å². The molecule has 0 radical (unpaired) electrons. The molecule has 1 fully saturated rings. The van der Waals surface area contributed by atoms with Crippen LogP contribution in [0.2, 0.25) is 0 Å². The summed E-state index contributed by atoms with van der Waals surface area (Å²) in [6.07, 6.45) is 6.22. The van der Waals surface area contributed by atoms with E-state index < -0.39 is 0 Å². The third-order valence-electron chi connectivity index (χ3n) is 5.28. The Morgan fingerprint density at radius 2 is 2.10 bits per heavy atom. The molecule has 1 aliphatic carbocycles. The summed E-state index contributed by atoms with van der Waals surface area (Å²) in [5.74, 6) is -0.0605. The molecule has 1 amide bonds. The van der Waals surface area contributed by atoms with Gasteiger partial charge in [0.05, 0.1) is 17.9 Å². The van der Waals surface area contributed by atoms with Gasteiger partial charge in [-0.3, -0.25) is 14.5 Å². The van der Waals surface area contributed by atoms with Gasteiger partial charge in [0.2, 0.25) is 0 Å². The summed E-state index contributed by atoms with van der Waals surface area (Å²) in [7, 11) is 1.82. The van der Waals surface area contributed by atoms with E-state index >= 15 is 0 Å². The number of carbonyl (C=O) groups is 1. The highest BCUT2D eigenvalue weighted by Gasteiger charge is 2.41. The molecule has 0 aliphatic heterocycles. The summed E-state index contributed by atoms with van der Waals surface area (Å²) < 4.78 is 15.9. The lowest BCUT2D eigenvalue weighted by molar-refractivity contribution is 0.0944. The molecule has 1 aliphatic rings. The second kappa shape index (κ2) is 7.94. The number of hydrogen-bond donors (Lipinski definition) is 2. The van der Waals surface area contributed by atoms with Crippen LogP contribution in [0.5, 0.6) is 0 Å². The fourth-order valence-electron chi connectivity index (χ4n) is 3.50. The van der Waals surface area contributed by atoms with Crippen molar-refractivity contribution in [1.82, 2.24) is 30.3 Å². The molecule has 0 bridgehead atoms. The van der Waals surface area contributed by atoms with Crippen LogP contribution in [0.4, 0.5) is 10.2 Å². The molecule has 8 nitrogen and oxygen atoms in total. The van der Waals surface area contributed by atoms with Gasteiger partial charge in [-0.05, 0) is 43.2 Å².